The van der Waals surface area contributed by atoms with Crippen LogP contribution in [0.25, 0.3) is 22.7 Å². The monoisotopic (exact) mass is 1120 g/mol. The summed E-state index contributed by atoms with van der Waals surface area (Å²) in [6, 6.07) is 18.1. The molecule has 76 heavy (non-hydrogen) atoms. The summed E-state index contributed by atoms with van der Waals surface area (Å²) in [4.78, 5) is 48.6. The van der Waals surface area contributed by atoms with Crippen molar-refractivity contribution in [3.63, 3.8) is 0 Å². The van der Waals surface area contributed by atoms with Crippen LogP contribution < -0.4 is 24.4 Å². The fourth-order valence-corrected chi connectivity index (χ4v) is 11.1. The number of nitriles is 1. The molecule has 4 aromatic carbocycles. The van der Waals surface area contributed by atoms with Gasteiger partial charge in [0.2, 0.25) is 32.0 Å². The zero-order valence-electron chi connectivity index (χ0n) is 44.8. The maximum atomic E-state index is 14.6. The van der Waals surface area contributed by atoms with Crippen LogP contribution in [-0.4, -0.2) is 72.7 Å². The minimum Gasteiger partial charge on any atom is -0.435 e. The second-order valence-electron chi connectivity index (χ2n) is 21.5. The summed E-state index contributed by atoms with van der Waals surface area (Å²) in [5.41, 5.74) is 2.83. The van der Waals surface area contributed by atoms with E-state index in [-0.39, 0.29) is 50.4 Å². The molecule has 2 amide bonds. The molecule has 1 aromatic heterocycles. The molecule has 1 fully saturated rings. The Morgan fingerprint density at radius 1 is 0.829 bits per heavy atom. The molecule has 0 aliphatic heterocycles. The van der Waals surface area contributed by atoms with Gasteiger partial charge in [-0.3, -0.25) is 28.7 Å². The molecule has 6 rings (SSSR count). The number of fused-ring (bicyclic) bond motifs is 1. The molecule has 4 N–H and O–H groups in total. The molecule has 1 heterocycles. The smallest absolute Gasteiger partial charge is 0.415 e. The molecule has 0 bridgehead atoms. The van der Waals surface area contributed by atoms with Crippen molar-refractivity contribution in [1.29, 1.82) is 5.26 Å². The van der Waals surface area contributed by atoms with Gasteiger partial charge in [-0.25, -0.2) is 35.0 Å². The van der Waals surface area contributed by atoms with Gasteiger partial charge in [-0.05, 0) is 121 Å². The van der Waals surface area contributed by atoms with E-state index in [0.717, 1.165) is 73.6 Å². The highest BCUT2D eigenvalue weighted by Gasteiger charge is 2.41. The first kappa shape index (κ1) is 58.8. The molecule has 1 saturated carbocycles. The van der Waals surface area contributed by atoms with Gasteiger partial charge in [-0.2, -0.15) is 5.26 Å². The number of aromatic nitrogens is 1. The highest BCUT2D eigenvalue weighted by molar-refractivity contribution is 7.93. The van der Waals surface area contributed by atoms with Gasteiger partial charge in [0.05, 0.1) is 40.3 Å². The normalized spacial score (nSPS) is 14.4. The van der Waals surface area contributed by atoms with Crippen molar-refractivity contribution >= 4 is 111 Å². The number of sulfonamides is 3. The number of carbonyl (C=O) groups excluding carboxylic acids is 3. The average Bonchev–Trinajstić information content (AvgIpc) is 4.00. The first-order chi connectivity index (χ1) is 35.2. The molecule has 0 spiro atoms. The number of allylic oxidation sites excluding steroid dienone is 1. The molecular weight excluding hydrogens is 1050 g/mol. The van der Waals surface area contributed by atoms with E-state index in [1.54, 1.807) is 45.0 Å². The third-order valence-electron chi connectivity index (χ3n) is 13.6. The molecule has 22 heteroatoms. The van der Waals surface area contributed by atoms with Crippen molar-refractivity contribution in [3.05, 3.63) is 99.9 Å². The van der Waals surface area contributed by atoms with E-state index in [4.69, 9.17) is 25.7 Å². The predicted octanol–water partition coefficient (Wildman–Crippen LogP) is 11.3. The number of ether oxygens (including phenoxy) is 1. The van der Waals surface area contributed by atoms with E-state index >= 15 is 0 Å². The number of aryl methyl sites for hydroxylation is 1. The number of oxazole rings is 1. The number of halogens is 1. The molecule has 5 aromatic rings. The van der Waals surface area contributed by atoms with E-state index < -0.39 is 70.0 Å². The third-order valence-corrected chi connectivity index (χ3v) is 16.6. The first-order valence-electron chi connectivity index (χ1n) is 24.6. The third kappa shape index (κ3) is 13.9. The fourth-order valence-electron chi connectivity index (χ4n) is 8.52. The number of hydrogen-bond donors (Lipinski definition) is 4. The van der Waals surface area contributed by atoms with Gasteiger partial charge in [0.25, 0.3) is 15.9 Å². The first-order valence-corrected chi connectivity index (χ1v) is 30.3. The number of nitrogens with zero attached hydrogens (tertiary/aromatic N) is 3. The minimum absolute atomic E-state index is 0.0941. The van der Waals surface area contributed by atoms with Crippen molar-refractivity contribution in [2.45, 2.75) is 136 Å². The van der Waals surface area contributed by atoms with Gasteiger partial charge in [0.15, 0.2) is 11.4 Å². The number of benzene rings is 4. The zero-order chi connectivity index (χ0) is 56.5. The number of hydrogen-bond acceptors (Lipinski definition) is 13. The lowest BCUT2D eigenvalue weighted by molar-refractivity contribution is -0.142. The van der Waals surface area contributed by atoms with E-state index in [2.05, 4.69) is 73.2 Å². The summed E-state index contributed by atoms with van der Waals surface area (Å²) < 4.78 is 94.7. The van der Waals surface area contributed by atoms with Crippen LogP contribution in [0.4, 0.5) is 33.2 Å². The molecule has 18 nitrogen and oxygen atoms in total. The van der Waals surface area contributed by atoms with Gasteiger partial charge in [0.1, 0.15) is 22.1 Å². The van der Waals surface area contributed by atoms with Crippen LogP contribution in [-0.2, 0) is 55.2 Å². The maximum absolute atomic E-state index is 14.6. The summed E-state index contributed by atoms with van der Waals surface area (Å²) in [5, 5.41) is 12.9. The molecular formula is C54H66ClN7O11S3. The summed E-state index contributed by atoms with van der Waals surface area (Å²) in [6.07, 6.45) is 4.91. The summed E-state index contributed by atoms with van der Waals surface area (Å²) in [5.74, 6) is -1.68. The lowest BCUT2D eigenvalue weighted by Gasteiger charge is -2.31. The average molecular weight is 1120 g/mol. The number of Topliss-reactive ketones (excluding diaryl/α,β-unsaturated/α-hetero) is 1. The van der Waals surface area contributed by atoms with E-state index in [9.17, 15) is 44.9 Å². The zero-order valence-corrected chi connectivity index (χ0v) is 48.0. The number of rotatable bonds is 19. The Morgan fingerprint density at radius 3 is 2.01 bits per heavy atom. The fraction of sp³-hybridized carbons (Fsp3) is 0.426. The van der Waals surface area contributed by atoms with Crippen LogP contribution in [0.2, 0.25) is 5.02 Å². The van der Waals surface area contributed by atoms with E-state index in [1.807, 2.05) is 13.0 Å². The van der Waals surface area contributed by atoms with Crippen LogP contribution in [0.15, 0.2) is 76.0 Å². The molecule has 1 aliphatic carbocycles. The second kappa shape index (κ2) is 22.2. The van der Waals surface area contributed by atoms with Crippen molar-refractivity contribution in [1.82, 2.24) is 4.98 Å². The molecule has 1 aliphatic rings. The van der Waals surface area contributed by atoms with E-state index in [1.165, 1.54) is 17.0 Å². The van der Waals surface area contributed by atoms with Crippen LogP contribution in [0.1, 0.15) is 129 Å². The second-order valence-corrected chi connectivity index (χ2v) is 27.1. The number of anilines is 5. The van der Waals surface area contributed by atoms with Crippen LogP contribution in [0, 0.1) is 23.7 Å². The Bertz CT molecular complexity index is 3520. The van der Waals surface area contributed by atoms with Gasteiger partial charge in [-0.1, -0.05) is 98.9 Å². The van der Waals surface area contributed by atoms with Crippen molar-refractivity contribution in [3.8, 4) is 6.07 Å². The van der Waals surface area contributed by atoms with Crippen molar-refractivity contribution < 1.29 is 48.8 Å². The van der Waals surface area contributed by atoms with Crippen LogP contribution in [0.5, 0.6) is 0 Å². The van der Waals surface area contributed by atoms with Crippen LogP contribution in [0.3, 0.4) is 0 Å². The van der Waals surface area contributed by atoms with Gasteiger partial charge < -0.3 is 14.5 Å². The summed E-state index contributed by atoms with van der Waals surface area (Å²) in [6.45, 7) is 19.5. The highest BCUT2D eigenvalue weighted by Crippen LogP contribution is 2.40. The van der Waals surface area contributed by atoms with Gasteiger partial charge in [0, 0.05) is 22.7 Å². The molecule has 1 unspecified atom stereocenters. The predicted molar refractivity (Wildman–Crippen MR) is 299 cm³/mol. The highest BCUT2D eigenvalue weighted by atomic mass is 35.5. The largest absolute Gasteiger partial charge is 0.435 e. The SMILES string of the molecule is CCC(C)(C)c1cc(C(C)(C)CC)c2oc(/C(C#N)=C/c3ccc(N(C(=O)OC(C(=O)Nc4cc(NS(=O)(=O)c5ccc(NS(C)(=O)=O)cc5NS(C)(=O)=O)ccc4Cl)C(=O)C(C)(C)C)C4CCCC4)cc3C)nc2c1. The maximum Gasteiger partial charge on any atom is 0.415 e. The molecule has 408 valence electrons. The van der Waals surface area contributed by atoms with Gasteiger partial charge >= 0.3 is 6.09 Å². The Hall–Kier alpha value is -6.47. The molecule has 1 atom stereocenters. The number of nitrogens with one attached hydrogen (secondary N) is 4. The lowest BCUT2D eigenvalue weighted by atomic mass is 9.76. The Kier molecular flexibility index (Phi) is 17.2. The van der Waals surface area contributed by atoms with Crippen LogP contribution >= 0.6 is 11.6 Å². The van der Waals surface area contributed by atoms with E-state index in [0.29, 0.717) is 40.8 Å². The topological polar surface area (TPSA) is 264 Å². The van der Waals surface area contributed by atoms with Crippen molar-refractivity contribution in [2.24, 2.45) is 5.41 Å². The Labute approximate surface area is 451 Å². The number of amides is 2. The Morgan fingerprint density at radius 2 is 1.43 bits per heavy atom. The van der Waals surface area contributed by atoms with Crippen molar-refractivity contribution in [2.75, 3.05) is 36.9 Å². The number of ketones is 1. The Balaban J connectivity index is 1.30. The molecule has 0 saturated heterocycles. The summed E-state index contributed by atoms with van der Waals surface area (Å²) >= 11 is 6.51. The summed E-state index contributed by atoms with van der Waals surface area (Å²) in [7, 11) is -12.6. The minimum atomic E-state index is -4.65. The molecule has 0 radical (unpaired) electrons. The standard InChI is InChI=1S/C54H66ClN7O11S3/c1-13-53(7,8)35-27-40(54(9,10)14-2)46-44(28-35)58-50(72-46)34(31-56)26-33-19-22-39(25-32(33)3)62(38-17-15-16-18-38)51(65)73-47(48(63)52(4,5)6)49(64)57-42-29-37(20-23-41(42)55)60-76(70,71)45-24-21-36(59-74(11,66)67)30-43(45)61-75(12,68)69/h19-30,38,47,59-61H,13-18H2,1-12H3,(H,57,64)/b34-26+. The number of carbonyl (C=O) groups is 3. The quantitative estimate of drug-likeness (QED) is 0.0443. The lowest BCUT2D eigenvalue weighted by Crippen LogP contribution is -2.48. The van der Waals surface area contributed by atoms with Gasteiger partial charge in [-0.15, -0.1) is 0 Å².